The maximum atomic E-state index is 12.3. The Labute approximate surface area is 123 Å². The van der Waals surface area contributed by atoms with Crippen LogP contribution in [0.2, 0.25) is 0 Å². The van der Waals surface area contributed by atoms with E-state index in [2.05, 4.69) is 11.6 Å². The van der Waals surface area contributed by atoms with Gasteiger partial charge >= 0.3 is 0 Å². The number of thiocarbonyl (C=S) groups is 1. The van der Waals surface area contributed by atoms with Crippen molar-refractivity contribution in [3.05, 3.63) is 17.5 Å². The molecule has 1 heterocycles. The summed E-state index contributed by atoms with van der Waals surface area (Å²) < 4.78 is 27.7. The molecule has 0 aromatic carbocycles. The molecule has 0 bridgehead atoms. The molecule has 0 radical (unpaired) electrons. The van der Waals surface area contributed by atoms with E-state index < -0.39 is 15.6 Å². The Hall–Kier alpha value is -0.500. The van der Waals surface area contributed by atoms with E-state index in [1.807, 2.05) is 0 Å². The van der Waals surface area contributed by atoms with Gasteiger partial charge in [-0.3, -0.25) is 0 Å². The highest BCUT2D eigenvalue weighted by atomic mass is 32.2. The average Bonchev–Trinajstić information content (AvgIpc) is 2.86. The van der Waals surface area contributed by atoms with E-state index in [4.69, 9.17) is 18.0 Å². The van der Waals surface area contributed by atoms with Crippen LogP contribution in [0.5, 0.6) is 0 Å². The first-order chi connectivity index (χ1) is 8.86. The van der Waals surface area contributed by atoms with E-state index in [1.54, 1.807) is 17.5 Å². The standard InChI is InChI=1S/C12H18N2O2S3/c1-9-4-6-12(7-5-9,11(13)17)14-19(15,16)10-3-2-8-18-10/h2-3,8-9,14H,4-7H2,1H3,(H2,13,17). The third-order valence-corrected chi connectivity index (χ3v) is 7.01. The predicted octanol–water partition coefficient (Wildman–Crippen LogP) is 2.26. The lowest BCUT2D eigenvalue weighted by Gasteiger charge is -2.38. The van der Waals surface area contributed by atoms with E-state index in [1.165, 1.54) is 11.3 Å². The van der Waals surface area contributed by atoms with Gasteiger partial charge in [0.25, 0.3) is 10.0 Å². The van der Waals surface area contributed by atoms with Crippen LogP contribution in [0.1, 0.15) is 32.6 Å². The summed E-state index contributed by atoms with van der Waals surface area (Å²) in [7, 11) is -3.54. The lowest BCUT2D eigenvalue weighted by molar-refractivity contribution is 0.289. The summed E-state index contributed by atoms with van der Waals surface area (Å²) in [5, 5.41) is 1.74. The molecule has 0 spiro atoms. The molecule has 2 rings (SSSR count). The van der Waals surface area contributed by atoms with Gasteiger partial charge in [-0.15, -0.1) is 11.3 Å². The molecule has 0 atom stereocenters. The Kier molecular flexibility index (Phi) is 4.29. The SMILES string of the molecule is CC1CCC(NS(=O)(=O)c2cccs2)(C(N)=S)CC1. The van der Waals surface area contributed by atoms with Crippen LogP contribution in [-0.2, 0) is 10.0 Å². The summed E-state index contributed by atoms with van der Waals surface area (Å²) >= 11 is 6.31. The van der Waals surface area contributed by atoms with E-state index in [0.717, 1.165) is 12.8 Å². The molecular formula is C12H18N2O2S3. The molecule has 7 heteroatoms. The average molecular weight is 318 g/mol. The molecule has 1 aliphatic rings. The minimum Gasteiger partial charge on any atom is -0.392 e. The van der Waals surface area contributed by atoms with Crippen LogP contribution in [0.3, 0.4) is 0 Å². The molecule has 1 aliphatic carbocycles. The summed E-state index contributed by atoms with van der Waals surface area (Å²) in [5.41, 5.74) is 5.06. The van der Waals surface area contributed by atoms with Crippen LogP contribution in [-0.4, -0.2) is 18.9 Å². The van der Waals surface area contributed by atoms with Crippen molar-refractivity contribution in [1.82, 2.24) is 4.72 Å². The number of rotatable bonds is 4. The quantitative estimate of drug-likeness (QED) is 0.835. The number of hydrogen-bond acceptors (Lipinski definition) is 4. The molecule has 4 nitrogen and oxygen atoms in total. The van der Waals surface area contributed by atoms with Gasteiger partial charge in [0.05, 0.1) is 10.5 Å². The Morgan fingerprint density at radius 3 is 2.63 bits per heavy atom. The van der Waals surface area contributed by atoms with Crippen molar-refractivity contribution in [3.8, 4) is 0 Å². The second-order valence-electron chi connectivity index (χ2n) is 5.17. The smallest absolute Gasteiger partial charge is 0.250 e. The third kappa shape index (κ3) is 3.16. The molecule has 1 aromatic rings. The van der Waals surface area contributed by atoms with Crippen molar-refractivity contribution >= 4 is 38.6 Å². The maximum Gasteiger partial charge on any atom is 0.250 e. The van der Waals surface area contributed by atoms with Crippen LogP contribution in [0.25, 0.3) is 0 Å². The molecule has 0 unspecified atom stereocenters. The second-order valence-corrected chi connectivity index (χ2v) is 8.46. The van der Waals surface area contributed by atoms with E-state index >= 15 is 0 Å². The second kappa shape index (κ2) is 5.47. The zero-order valence-electron chi connectivity index (χ0n) is 10.8. The first kappa shape index (κ1) is 14.9. The fraction of sp³-hybridized carbons (Fsp3) is 0.583. The van der Waals surface area contributed by atoms with Crippen molar-refractivity contribution in [2.75, 3.05) is 0 Å². The Bertz CT molecular complexity index is 544. The summed E-state index contributed by atoms with van der Waals surface area (Å²) in [4.78, 5) is 0.250. The molecule has 1 aromatic heterocycles. The monoisotopic (exact) mass is 318 g/mol. The van der Waals surface area contributed by atoms with E-state index in [9.17, 15) is 8.42 Å². The highest BCUT2D eigenvalue weighted by Crippen LogP contribution is 2.34. The summed E-state index contributed by atoms with van der Waals surface area (Å²) in [6, 6.07) is 3.31. The highest BCUT2D eigenvalue weighted by Gasteiger charge is 2.40. The number of sulfonamides is 1. The fourth-order valence-electron chi connectivity index (χ4n) is 2.38. The normalized spacial score (nSPS) is 28.2. The lowest BCUT2D eigenvalue weighted by atomic mass is 9.78. The lowest BCUT2D eigenvalue weighted by Crippen LogP contribution is -2.58. The largest absolute Gasteiger partial charge is 0.392 e. The molecule has 3 N–H and O–H groups in total. The molecule has 0 saturated heterocycles. The molecule has 106 valence electrons. The van der Waals surface area contributed by atoms with Crippen molar-refractivity contribution < 1.29 is 8.42 Å². The van der Waals surface area contributed by atoms with Gasteiger partial charge in [0.2, 0.25) is 0 Å². The van der Waals surface area contributed by atoms with Crippen LogP contribution in [0, 0.1) is 5.92 Å². The van der Waals surface area contributed by atoms with Crippen LogP contribution < -0.4 is 10.5 Å². The Morgan fingerprint density at radius 2 is 2.16 bits per heavy atom. The van der Waals surface area contributed by atoms with Gasteiger partial charge < -0.3 is 5.73 Å². The van der Waals surface area contributed by atoms with Gasteiger partial charge in [-0.1, -0.05) is 25.2 Å². The maximum absolute atomic E-state index is 12.3. The summed E-state index contributed by atoms with van der Waals surface area (Å²) in [5.74, 6) is 0.591. The van der Waals surface area contributed by atoms with Gasteiger partial charge in [0.1, 0.15) is 4.21 Å². The van der Waals surface area contributed by atoms with Crippen LogP contribution in [0.4, 0.5) is 0 Å². The predicted molar refractivity (Wildman–Crippen MR) is 81.8 cm³/mol. The van der Waals surface area contributed by atoms with Gasteiger partial charge in [-0.25, -0.2) is 8.42 Å². The fourth-order valence-corrected chi connectivity index (χ4v) is 5.13. The Balaban J connectivity index is 2.25. The number of thiophene rings is 1. The first-order valence-electron chi connectivity index (χ1n) is 6.23. The molecule has 0 amide bonds. The summed E-state index contributed by atoms with van der Waals surface area (Å²) in [6.07, 6.45) is 3.22. The van der Waals surface area contributed by atoms with Gasteiger partial charge in [0, 0.05) is 0 Å². The summed E-state index contributed by atoms with van der Waals surface area (Å²) in [6.45, 7) is 2.16. The van der Waals surface area contributed by atoms with E-state index in [-0.39, 0.29) is 4.99 Å². The van der Waals surface area contributed by atoms with Gasteiger partial charge in [-0.2, -0.15) is 4.72 Å². The zero-order valence-corrected chi connectivity index (χ0v) is 13.2. The highest BCUT2D eigenvalue weighted by molar-refractivity contribution is 7.91. The molecule has 0 aliphatic heterocycles. The molecule has 1 fully saturated rings. The van der Waals surface area contributed by atoms with Crippen molar-refractivity contribution in [2.45, 2.75) is 42.4 Å². The van der Waals surface area contributed by atoms with Crippen molar-refractivity contribution in [2.24, 2.45) is 11.7 Å². The molecular weight excluding hydrogens is 300 g/mol. The minimum absolute atomic E-state index is 0.250. The van der Waals surface area contributed by atoms with Crippen molar-refractivity contribution in [1.29, 1.82) is 0 Å². The number of nitrogens with two attached hydrogens (primary N) is 1. The zero-order chi connectivity index (χ0) is 14.1. The topological polar surface area (TPSA) is 72.2 Å². The van der Waals surface area contributed by atoms with Crippen LogP contribution >= 0.6 is 23.6 Å². The van der Waals surface area contributed by atoms with Gasteiger partial charge in [-0.05, 0) is 43.0 Å². The minimum atomic E-state index is -3.54. The van der Waals surface area contributed by atoms with Crippen molar-refractivity contribution in [3.63, 3.8) is 0 Å². The van der Waals surface area contributed by atoms with Crippen LogP contribution in [0.15, 0.2) is 21.7 Å². The number of nitrogens with one attached hydrogen (secondary N) is 1. The first-order valence-corrected chi connectivity index (χ1v) is 9.00. The van der Waals surface area contributed by atoms with E-state index in [0.29, 0.717) is 23.0 Å². The molecule has 19 heavy (non-hydrogen) atoms. The Morgan fingerprint density at radius 1 is 1.53 bits per heavy atom. The molecule has 1 saturated carbocycles. The van der Waals surface area contributed by atoms with Gasteiger partial charge in [0.15, 0.2) is 0 Å². The third-order valence-electron chi connectivity index (χ3n) is 3.69. The number of hydrogen-bond donors (Lipinski definition) is 2.